The van der Waals surface area contributed by atoms with Crippen LogP contribution in [0, 0.1) is 0 Å². The van der Waals surface area contributed by atoms with Crippen LogP contribution in [0.4, 0.5) is 0 Å². The second-order valence-electron chi connectivity index (χ2n) is 6.30. The van der Waals surface area contributed by atoms with Crippen LogP contribution < -0.4 is 4.74 Å². The maximum atomic E-state index is 12.9. The van der Waals surface area contributed by atoms with Gasteiger partial charge in [-0.05, 0) is 24.3 Å². The van der Waals surface area contributed by atoms with E-state index >= 15 is 0 Å². The lowest BCUT2D eigenvalue weighted by molar-refractivity contribution is 0.0597. The minimum atomic E-state index is 0.0578. The van der Waals surface area contributed by atoms with E-state index in [4.69, 9.17) is 4.74 Å². The number of carbonyl (C=O) groups is 1. The Labute approximate surface area is 147 Å². The SMILES string of the molecule is O=C(c1cccc2cccnc12)N1CCC(Oc2ccccc2)CC1. The highest BCUT2D eigenvalue weighted by Crippen LogP contribution is 2.22. The van der Waals surface area contributed by atoms with Crippen LogP contribution in [-0.2, 0) is 0 Å². The maximum Gasteiger partial charge on any atom is 0.256 e. The topological polar surface area (TPSA) is 42.4 Å². The molecule has 2 heterocycles. The largest absolute Gasteiger partial charge is 0.490 e. The van der Waals surface area contributed by atoms with E-state index in [2.05, 4.69) is 4.98 Å². The van der Waals surface area contributed by atoms with Crippen molar-refractivity contribution in [1.82, 2.24) is 9.88 Å². The molecule has 25 heavy (non-hydrogen) atoms. The molecule has 0 spiro atoms. The summed E-state index contributed by atoms with van der Waals surface area (Å²) in [5.41, 5.74) is 1.46. The normalized spacial score (nSPS) is 15.3. The number of carbonyl (C=O) groups excluding carboxylic acids is 1. The number of hydrogen-bond donors (Lipinski definition) is 0. The Balaban J connectivity index is 1.44. The first-order chi connectivity index (χ1) is 12.3. The number of amides is 1. The van der Waals surface area contributed by atoms with E-state index in [1.807, 2.05) is 65.6 Å². The summed E-state index contributed by atoms with van der Waals surface area (Å²) in [6.07, 6.45) is 3.59. The number of pyridine rings is 1. The number of fused-ring (bicyclic) bond motifs is 1. The monoisotopic (exact) mass is 332 g/mol. The van der Waals surface area contributed by atoms with E-state index in [0.29, 0.717) is 18.7 Å². The fourth-order valence-electron chi connectivity index (χ4n) is 3.32. The van der Waals surface area contributed by atoms with Crippen LogP contribution in [0.25, 0.3) is 10.9 Å². The lowest BCUT2D eigenvalue weighted by Crippen LogP contribution is -2.41. The molecule has 1 aliphatic heterocycles. The van der Waals surface area contributed by atoms with Gasteiger partial charge in [0.1, 0.15) is 11.9 Å². The molecular weight excluding hydrogens is 312 g/mol. The Hall–Kier alpha value is -2.88. The molecule has 2 aromatic carbocycles. The zero-order valence-electron chi connectivity index (χ0n) is 14.0. The maximum absolute atomic E-state index is 12.9. The van der Waals surface area contributed by atoms with E-state index in [9.17, 15) is 4.79 Å². The van der Waals surface area contributed by atoms with Crippen LogP contribution in [0.2, 0.25) is 0 Å². The zero-order chi connectivity index (χ0) is 17.1. The number of aromatic nitrogens is 1. The highest BCUT2D eigenvalue weighted by atomic mass is 16.5. The first-order valence-electron chi connectivity index (χ1n) is 8.66. The Kier molecular flexibility index (Phi) is 4.34. The number of para-hydroxylation sites is 2. The molecule has 1 aliphatic rings. The second kappa shape index (κ2) is 6.93. The van der Waals surface area contributed by atoms with Gasteiger partial charge in [-0.1, -0.05) is 36.4 Å². The number of hydrogen-bond acceptors (Lipinski definition) is 3. The molecule has 1 fully saturated rings. The van der Waals surface area contributed by atoms with Crippen molar-refractivity contribution < 1.29 is 9.53 Å². The Bertz CT molecular complexity index is 866. The fraction of sp³-hybridized carbons (Fsp3) is 0.238. The number of piperidine rings is 1. The van der Waals surface area contributed by atoms with Crippen molar-refractivity contribution in [2.75, 3.05) is 13.1 Å². The summed E-state index contributed by atoms with van der Waals surface area (Å²) in [7, 11) is 0. The number of benzene rings is 2. The lowest BCUT2D eigenvalue weighted by atomic mass is 10.0. The van der Waals surface area contributed by atoms with Crippen molar-refractivity contribution in [1.29, 1.82) is 0 Å². The van der Waals surface area contributed by atoms with E-state index in [-0.39, 0.29) is 12.0 Å². The Morgan fingerprint density at radius 1 is 0.960 bits per heavy atom. The molecule has 3 aromatic rings. The average molecular weight is 332 g/mol. The van der Waals surface area contributed by atoms with Gasteiger partial charge in [0.15, 0.2) is 0 Å². The molecule has 0 unspecified atom stereocenters. The van der Waals surface area contributed by atoms with Gasteiger partial charge in [0.25, 0.3) is 5.91 Å². The van der Waals surface area contributed by atoms with Gasteiger partial charge in [-0.25, -0.2) is 0 Å². The third-order valence-corrected chi connectivity index (χ3v) is 4.64. The average Bonchev–Trinajstić information content (AvgIpc) is 2.68. The van der Waals surface area contributed by atoms with Gasteiger partial charge in [-0.2, -0.15) is 0 Å². The minimum absolute atomic E-state index is 0.0578. The van der Waals surface area contributed by atoms with Gasteiger partial charge < -0.3 is 9.64 Å². The molecule has 1 amide bonds. The van der Waals surface area contributed by atoms with Gasteiger partial charge in [0.05, 0.1) is 11.1 Å². The molecule has 0 bridgehead atoms. The summed E-state index contributed by atoms with van der Waals surface area (Å²) in [5.74, 6) is 0.952. The van der Waals surface area contributed by atoms with Gasteiger partial charge in [0.2, 0.25) is 0 Å². The molecule has 0 aliphatic carbocycles. The lowest BCUT2D eigenvalue weighted by Gasteiger charge is -2.32. The highest BCUT2D eigenvalue weighted by molar-refractivity contribution is 6.05. The predicted octanol–water partition coefficient (Wildman–Crippen LogP) is 3.92. The third-order valence-electron chi connectivity index (χ3n) is 4.64. The molecule has 0 radical (unpaired) electrons. The smallest absolute Gasteiger partial charge is 0.256 e. The Morgan fingerprint density at radius 2 is 1.72 bits per heavy atom. The standard InChI is InChI=1S/C21H20N2O2/c24-21(19-10-4-6-16-7-5-13-22-20(16)19)23-14-11-18(12-15-23)25-17-8-2-1-3-9-17/h1-10,13,18H,11-12,14-15H2. The first-order valence-corrected chi connectivity index (χ1v) is 8.66. The Morgan fingerprint density at radius 3 is 2.52 bits per heavy atom. The van der Waals surface area contributed by atoms with Crippen molar-refractivity contribution in [2.45, 2.75) is 18.9 Å². The van der Waals surface area contributed by atoms with Crippen molar-refractivity contribution in [3.63, 3.8) is 0 Å². The summed E-state index contributed by atoms with van der Waals surface area (Å²) < 4.78 is 6.01. The van der Waals surface area contributed by atoms with Crippen molar-refractivity contribution >= 4 is 16.8 Å². The second-order valence-corrected chi connectivity index (χ2v) is 6.30. The number of nitrogens with zero attached hydrogens (tertiary/aromatic N) is 2. The van der Waals surface area contributed by atoms with Crippen LogP contribution in [0.5, 0.6) is 5.75 Å². The van der Waals surface area contributed by atoms with Crippen LogP contribution in [0.1, 0.15) is 23.2 Å². The van der Waals surface area contributed by atoms with Gasteiger partial charge in [-0.15, -0.1) is 0 Å². The third kappa shape index (κ3) is 3.33. The van der Waals surface area contributed by atoms with Gasteiger partial charge in [0, 0.05) is 37.5 Å². The molecule has 0 atom stereocenters. The molecule has 4 nitrogen and oxygen atoms in total. The van der Waals surface area contributed by atoms with E-state index < -0.39 is 0 Å². The predicted molar refractivity (Wildman–Crippen MR) is 97.7 cm³/mol. The quantitative estimate of drug-likeness (QED) is 0.730. The molecule has 0 N–H and O–H groups in total. The van der Waals surface area contributed by atoms with Gasteiger partial charge in [-0.3, -0.25) is 9.78 Å². The zero-order valence-corrected chi connectivity index (χ0v) is 14.0. The van der Waals surface area contributed by atoms with Crippen molar-refractivity contribution in [3.05, 3.63) is 72.4 Å². The minimum Gasteiger partial charge on any atom is -0.490 e. The summed E-state index contributed by atoms with van der Waals surface area (Å²) in [5, 5.41) is 0.996. The molecule has 126 valence electrons. The van der Waals surface area contributed by atoms with Crippen LogP contribution in [0.3, 0.4) is 0 Å². The number of likely N-dealkylation sites (tertiary alicyclic amines) is 1. The van der Waals surface area contributed by atoms with Crippen LogP contribution in [-0.4, -0.2) is 35.0 Å². The first kappa shape index (κ1) is 15.6. The van der Waals surface area contributed by atoms with Crippen molar-refractivity contribution in [3.8, 4) is 5.75 Å². The summed E-state index contributed by atoms with van der Waals surface area (Å²) in [6, 6.07) is 19.5. The van der Waals surface area contributed by atoms with E-state index in [1.54, 1.807) is 6.20 Å². The van der Waals surface area contributed by atoms with Crippen LogP contribution >= 0.6 is 0 Å². The van der Waals surface area contributed by atoms with E-state index in [1.165, 1.54) is 0 Å². The highest BCUT2D eigenvalue weighted by Gasteiger charge is 2.25. The molecular formula is C21H20N2O2. The molecule has 1 aromatic heterocycles. The molecule has 0 saturated carbocycles. The number of ether oxygens (including phenoxy) is 1. The fourth-order valence-corrected chi connectivity index (χ4v) is 3.32. The van der Waals surface area contributed by atoms with Gasteiger partial charge >= 0.3 is 0 Å². The summed E-state index contributed by atoms with van der Waals surface area (Å²) in [6.45, 7) is 1.42. The molecule has 1 saturated heterocycles. The summed E-state index contributed by atoms with van der Waals surface area (Å²) >= 11 is 0. The molecule has 4 heteroatoms. The van der Waals surface area contributed by atoms with E-state index in [0.717, 1.165) is 29.5 Å². The molecule has 4 rings (SSSR count). The van der Waals surface area contributed by atoms with Crippen molar-refractivity contribution in [2.24, 2.45) is 0 Å². The summed E-state index contributed by atoms with van der Waals surface area (Å²) in [4.78, 5) is 19.2. The number of rotatable bonds is 3. The van der Waals surface area contributed by atoms with Crippen LogP contribution in [0.15, 0.2) is 66.9 Å².